The molecule has 1 N–H and O–H groups in total. The van der Waals surface area contributed by atoms with E-state index in [2.05, 4.69) is 10.3 Å². The number of thiazole rings is 1. The van der Waals surface area contributed by atoms with Gasteiger partial charge in [-0.2, -0.15) is 0 Å². The number of aromatic nitrogens is 1. The first kappa shape index (κ1) is 16.4. The molecule has 7 heteroatoms. The van der Waals surface area contributed by atoms with Gasteiger partial charge < -0.3 is 15.0 Å². The van der Waals surface area contributed by atoms with Crippen molar-refractivity contribution in [1.82, 2.24) is 9.88 Å². The van der Waals surface area contributed by atoms with Crippen molar-refractivity contribution in [3.05, 3.63) is 11.1 Å². The highest BCUT2D eigenvalue weighted by atomic mass is 32.1. The van der Waals surface area contributed by atoms with Crippen molar-refractivity contribution in [3.63, 3.8) is 0 Å². The average Bonchev–Trinajstić information content (AvgIpc) is 2.83. The quantitative estimate of drug-likeness (QED) is 0.773. The second kappa shape index (κ2) is 7.84. The molecule has 0 saturated heterocycles. The van der Waals surface area contributed by atoms with Crippen LogP contribution in [-0.2, 0) is 20.7 Å². The minimum absolute atomic E-state index is 0.00623. The molecule has 1 heterocycles. The van der Waals surface area contributed by atoms with Gasteiger partial charge in [-0.3, -0.25) is 9.59 Å². The lowest BCUT2D eigenvalue weighted by Gasteiger charge is -2.17. The Kier molecular flexibility index (Phi) is 6.44. The Morgan fingerprint density at radius 2 is 2.20 bits per heavy atom. The first-order valence-corrected chi connectivity index (χ1v) is 7.39. The molecule has 1 atom stereocenters. The number of hydrogen-bond acceptors (Lipinski definition) is 6. The molecule has 0 saturated carbocycles. The number of carbonyl (C=O) groups excluding carboxylic acids is 2. The summed E-state index contributed by atoms with van der Waals surface area (Å²) in [7, 11) is 3.43. The Balaban J connectivity index is 2.47. The molecule has 20 heavy (non-hydrogen) atoms. The van der Waals surface area contributed by atoms with E-state index in [1.165, 1.54) is 16.2 Å². The van der Waals surface area contributed by atoms with Crippen LogP contribution >= 0.6 is 11.3 Å². The summed E-state index contributed by atoms with van der Waals surface area (Å²) in [6, 6.07) is -0.325. The van der Waals surface area contributed by atoms with Crippen LogP contribution < -0.4 is 5.32 Å². The fraction of sp³-hybridized carbons (Fsp3) is 0.615. The van der Waals surface area contributed by atoms with Crippen LogP contribution in [0.15, 0.2) is 5.38 Å². The number of ether oxygens (including phenoxy) is 1. The van der Waals surface area contributed by atoms with Gasteiger partial charge >= 0.3 is 5.97 Å². The van der Waals surface area contributed by atoms with E-state index in [1.807, 2.05) is 5.38 Å². The van der Waals surface area contributed by atoms with Gasteiger partial charge in [0.05, 0.1) is 18.7 Å². The summed E-state index contributed by atoms with van der Waals surface area (Å²) < 4.78 is 4.86. The predicted octanol–water partition coefficient (Wildman–Crippen LogP) is 1.53. The van der Waals surface area contributed by atoms with E-state index < -0.39 is 0 Å². The number of rotatable bonds is 7. The summed E-state index contributed by atoms with van der Waals surface area (Å²) in [6.07, 6.45) is 0.871. The molecule has 1 aromatic rings. The highest BCUT2D eigenvalue weighted by molar-refractivity contribution is 7.13. The van der Waals surface area contributed by atoms with Crippen molar-refractivity contribution in [2.24, 2.45) is 0 Å². The number of aryl methyl sites for hydroxylation is 1. The van der Waals surface area contributed by atoms with Gasteiger partial charge in [0.25, 0.3) is 0 Å². The van der Waals surface area contributed by atoms with E-state index in [0.29, 0.717) is 24.6 Å². The predicted molar refractivity (Wildman–Crippen MR) is 78.8 cm³/mol. The first-order valence-electron chi connectivity index (χ1n) is 6.51. The fourth-order valence-corrected chi connectivity index (χ4v) is 2.42. The highest BCUT2D eigenvalue weighted by Crippen LogP contribution is 2.17. The van der Waals surface area contributed by atoms with Gasteiger partial charge in [0.1, 0.15) is 6.04 Å². The Bertz CT molecular complexity index is 459. The lowest BCUT2D eigenvalue weighted by Crippen LogP contribution is -2.36. The van der Waals surface area contributed by atoms with Crippen LogP contribution in [-0.4, -0.2) is 48.5 Å². The number of amides is 1. The number of carbonyl (C=O) groups is 2. The maximum absolute atomic E-state index is 11.7. The van der Waals surface area contributed by atoms with Gasteiger partial charge in [-0.25, -0.2) is 4.98 Å². The molecule has 0 spiro atoms. The van der Waals surface area contributed by atoms with E-state index in [9.17, 15) is 9.59 Å². The van der Waals surface area contributed by atoms with Crippen LogP contribution in [0.4, 0.5) is 5.13 Å². The van der Waals surface area contributed by atoms with Gasteiger partial charge in [-0.15, -0.1) is 11.3 Å². The monoisotopic (exact) mass is 299 g/mol. The Morgan fingerprint density at radius 3 is 2.80 bits per heavy atom. The van der Waals surface area contributed by atoms with Crippen molar-refractivity contribution in [1.29, 1.82) is 0 Å². The maximum atomic E-state index is 11.7. The summed E-state index contributed by atoms with van der Waals surface area (Å²) in [4.78, 5) is 28.9. The minimum Gasteiger partial charge on any atom is -0.466 e. The maximum Gasteiger partial charge on any atom is 0.306 e. The number of likely N-dealkylation sites (N-methyl/N-ethyl adjacent to an activating group) is 1. The lowest BCUT2D eigenvalue weighted by atomic mass is 10.2. The number of nitrogens with one attached hydrogen (secondary N) is 1. The second-order valence-corrected chi connectivity index (χ2v) is 5.41. The number of anilines is 1. The molecule has 0 aliphatic heterocycles. The summed E-state index contributed by atoms with van der Waals surface area (Å²) in [5, 5.41) is 5.63. The molecule has 1 amide bonds. The van der Waals surface area contributed by atoms with E-state index in [1.54, 1.807) is 27.9 Å². The average molecular weight is 299 g/mol. The van der Waals surface area contributed by atoms with Crippen LogP contribution in [0, 0.1) is 0 Å². The molecule has 0 aromatic carbocycles. The van der Waals surface area contributed by atoms with Gasteiger partial charge in [0.2, 0.25) is 5.91 Å². The molecule has 1 aromatic heterocycles. The van der Waals surface area contributed by atoms with Crippen molar-refractivity contribution in [2.75, 3.05) is 26.0 Å². The third-order valence-electron chi connectivity index (χ3n) is 2.59. The molecule has 0 radical (unpaired) electrons. The van der Waals surface area contributed by atoms with Crippen LogP contribution in [0.5, 0.6) is 0 Å². The molecule has 1 rings (SSSR count). The number of esters is 1. The molecular formula is C13H21N3O3S. The van der Waals surface area contributed by atoms with Crippen molar-refractivity contribution in [3.8, 4) is 0 Å². The van der Waals surface area contributed by atoms with Gasteiger partial charge in [-0.1, -0.05) is 0 Å². The molecule has 0 bridgehead atoms. The second-order valence-electron chi connectivity index (χ2n) is 4.55. The molecule has 6 nitrogen and oxygen atoms in total. The van der Waals surface area contributed by atoms with Gasteiger partial charge in [-0.05, 0) is 13.8 Å². The summed E-state index contributed by atoms with van der Waals surface area (Å²) in [6.45, 7) is 3.97. The summed E-state index contributed by atoms with van der Waals surface area (Å²) >= 11 is 1.43. The lowest BCUT2D eigenvalue weighted by molar-refractivity contribution is -0.143. The van der Waals surface area contributed by atoms with E-state index in [-0.39, 0.29) is 17.9 Å². The van der Waals surface area contributed by atoms with Crippen LogP contribution in [0.25, 0.3) is 0 Å². The van der Waals surface area contributed by atoms with Crippen LogP contribution in [0.3, 0.4) is 0 Å². The normalized spacial score (nSPS) is 11.8. The third kappa shape index (κ3) is 5.16. The van der Waals surface area contributed by atoms with E-state index in [0.717, 1.165) is 5.69 Å². The minimum atomic E-state index is -0.325. The van der Waals surface area contributed by atoms with Crippen molar-refractivity contribution in [2.45, 2.75) is 32.7 Å². The Morgan fingerprint density at radius 1 is 1.50 bits per heavy atom. The fourth-order valence-electron chi connectivity index (χ4n) is 1.59. The SMILES string of the molecule is CCOC(=O)CCc1csc(NC(C)C(=O)N(C)C)n1. The molecular weight excluding hydrogens is 278 g/mol. The van der Waals surface area contributed by atoms with E-state index >= 15 is 0 Å². The van der Waals surface area contributed by atoms with Crippen molar-refractivity contribution >= 4 is 28.3 Å². The largest absolute Gasteiger partial charge is 0.466 e. The first-order chi connectivity index (χ1) is 9.43. The molecule has 0 aliphatic rings. The summed E-state index contributed by atoms with van der Waals surface area (Å²) in [5.41, 5.74) is 0.829. The standard InChI is InChI=1S/C13H21N3O3S/c1-5-19-11(17)7-6-10-8-20-13(15-10)14-9(2)12(18)16(3)4/h8-9H,5-7H2,1-4H3,(H,14,15). The highest BCUT2D eigenvalue weighted by Gasteiger charge is 2.16. The van der Waals surface area contributed by atoms with E-state index in [4.69, 9.17) is 4.74 Å². The smallest absolute Gasteiger partial charge is 0.306 e. The number of nitrogens with zero attached hydrogens (tertiary/aromatic N) is 2. The van der Waals surface area contributed by atoms with Gasteiger partial charge in [0.15, 0.2) is 5.13 Å². The molecule has 0 fully saturated rings. The topological polar surface area (TPSA) is 71.5 Å². The zero-order chi connectivity index (χ0) is 15.1. The zero-order valence-electron chi connectivity index (χ0n) is 12.3. The molecule has 1 unspecified atom stereocenters. The Hall–Kier alpha value is -1.63. The third-order valence-corrected chi connectivity index (χ3v) is 3.42. The van der Waals surface area contributed by atoms with Crippen molar-refractivity contribution < 1.29 is 14.3 Å². The van der Waals surface area contributed by atoms with Crippen LogP contribution in [0.2, 0.25) is 0 Å². The zero-order valence-corrected chi connectivity index (χ0v) is 13.1. The Labute approximate surface area is 123 Å². The number of hydrogen-bond donors (Lipinski definition) is 1. The summed E-state index contributed by atoms with van der Waals surface area (Å²) in [5.74, 6) is -0.223. The molecule has 112 valence electrons. The van der Waals surface area contributed by atoms with Gasteiger partial charge in [0, 0.05) is 25.9 Å². The molecule has 0 aliphatic carbocycles. The van der Waals surface area contributed by atoms with Crippen LogP contribution in [0.1, 0.15) is 26.0 Å².